The van der Waals surface area contributed by atoms with E-state index in [-0.39, 0.29) is 39.9 Å². The van der Waals surface area contributed by atoms with Gasteiger partial charge < -0.3 is 4.57 Å². The minimum atomic E-state index is -0.735. The molecule has 0 atom stereocenters. The average Bonchev–Trinajstić information content (AvgIpc) is 3.22. The number of halogens is 3. The van der Waals surface area contributed by atoms with Gasteiger partial charge in [0.05, 0.1) is 22.4 Å². The molecule has 6 nitrogen and oxygen atoms in total. The van der Waals surface area contributed by atoms with Crippen LogP contribution in [0.1, 0.15) is 35.3 Å². The van der Waals surface area contributed by atoms with E-state index in [1.54, 1.807) is 26.0 Å². The maximum Gasteiger partial charge on any atom is 0.269 e. The average molecular weight is 561 g/mol. The summed E-state index contributed by atoms with van der Waals surface area (Å²) >= 11 is 4.65. The smallest absolute Gasteiger partial charge is 0.269 e. The molecule has 35 heavy (non-hydrogen) atoms. The first-order valence-corrected chi connectivity index (χ1v) is 12.5. The van der Waals surface area contributed by atoms with Gasteiger partial charge in [0.1, 0.15) is 16.5 Å². The molecule has 2 aromatic carbocycles. The highest BCUT2D eigenvalue weighted by molar-refractivity contribution is 9.08. The fourth-order valence-electron chi connectivity index (χ4n) is 3.85. The lowest BCUT2D eigenvalue weighted by Crippen LogP contribution is -2.22. The summed E-state index contributed by atoms with van der Waals surface area (Å²) in [5, 5.41) is 11.6. The summed E-state index contributed by atoms with van der Waals surface area (Å²) in [6, 6.07) is 9.47. The van der Waals surface area contributed by atoms with Gasteiger partial charge >= 0.3 is 0 Å². The number of hydrogen-bond acceptors (Lipinski definition) is 5. The van der Waals surface area contributed by atoms with Crippen molar-refractivity contribution in [3.63, 3.8) is 0 Å². The summed E-state index contributed by atoms with van der Waals surface area (Å²) < 4.78 is 30.5. The number of fused-ring (bicyclic) bond motifs is 1. The summed E-state index contributed by atoms with van der Waals surface area (Å²) in [6.45, 7) is 3.12. The van der Waals surface area contributed by atoms with Crippen molar-refractivity contribution in [1.29, 1.82) is 0 Å². The Labute approximate surface area is 211 Å². The Kier molecular flexibility index (Phi) is 6.95. The van der Waals surface area contributed by atoms with Gasteiger partial charge in [-0.3, -0.25) is 19.7 Å². The highest BCUT2D eigenvalue weighted by atomic mass is 79.9. The molecular weight excluding hydrogens is 542 g/mol. The predicted octanol–water partition coefficient (Wildman–Crippen LogP) is 6.70. The van der Waals surface area contributed by atoms with E-state index in [2.05, 4.69) is 15.9 Å². The summed E-state index contributed by atoms with van der Waals surface area (Å²) in [4.78, 5) is 38.0. The van der Waals surface area contributed by atoms with Gasteiger partial charge in [0, 0.05) is 40.0 Å². The molecular formula is C25H19BrF2N2O4S. The Hall–Kier alpha value is -3.24. The SMILES string of the molecule is CC(C)C(=O)c1cn(Cc2c(F)cccc2F)c2sc(-c3ccc([N+](=O)[O-])cc3)c(CBr)c2c1=O. The number of carbonyl (C=O) groups excluding carboxylic acids is 1. The molecule has 0 N–H and O–H groups in total. The number of alkyl halides is 1. The number of nitro groups is 1. The molecule has 180 valence electrons. The van der Waals surface area contributed by atoms with Crippen LogP contribution in [0.5, 0.6) is 0 Å². The van der Waals surface area contributed by atoms with Gasteiger partial charge in [-0.2, -0.15) is 0 Å². The van der Waals surface area contributed by atoms with Crippen LogP contribution in [0.25, 0.3) is 20.7 Å². The van der Waals surface area contributed by atoms with Crippen molar-refractivity contribution in [2.24, 2.45) is 5.92 Å². The Morgan fingerprint density at radius 3 is 2.29 bits per heavy atom. The summed E-state index contributed by atoms with van der Waals surface area (Å²) in [5.41, 5.74) is 0.471. The first-order chi connectivity index (χ1) is 16.6. The fourth-order valence-corrected chi connectivity index (χ4v) is 5.89. The highest BCUT2D eigenvalue weighted by Crippen LogP contribution is 2.39. The minimum absolute atomic E-state index is 0.0560. The molecule has 0 spiro atoms. The number of ketones is 1. The molecule has 4 rings (SSSR count). The second-order valence-corrected chi connectivity index (χ2v) is 9.81. The Morgan fingerprint density at radius 1 is 1.11 bits per heavy atom. The monoisotopic (exact) mass is 560 g/mol. The molecule has 0 bridgehead atoms. The zero-order valence-electron chi connectivity index (χ0n) is 18.7. The van der Waals surface area contributed by atoms with E-state index in [4.69, 9.17) is 0 Å². The van der Waals surface area contributed by atoms with Crippen LogP contribution >= 0.6 is 27.3 Å². The maximum atomic E-state index is 14.5. The van der Waals surface area contributed by atoms with E-state index in [0.29, 0.717) is 20.8 Å². The van der Waals surface area contributed by atoms with E-state index >= 15 is 0 Å². The third-order valence-electron chi connectivity index (χ3n) is 5.66. The number of aromatic nitrogens is 1. The number of nitrogens with zero attached hydrogens (tertiary/aromatic N) is 2. The number of non-ortho nitro benzene ring substituents is 1. The van der Waals surface area contributed by atoms with Crippen LogP contribution in [0.15, 0.2) is 53.5 Å². The molecule has 2 heterocycles. The molecule has 0 aliphatic heterocycles. The number of benzene rings is 2. The topological polar surface area (TPSA) is 82.2 Å². The number of carbonyl (C=O) groups is 1. The normalized spacial score (nSPS) is 11.4. The van der Waals surface area contributed by atoms with Crippen LogP contribution < -0.4 is 5.43 Å². The van der Waals surface area contributed by atoms with E-state index in [0.717, 1.165) is 12.1 Å². The van der Waals surface area contributed by atoms with Crippen molar-refractivity contribution in [3.05, 3.63) is 97.3 Å². The molecule has 4 aromatic rings. The summed E-state index contributed by atoms with van der Waals surface area (Å²) in [5.74, 6) is -2.30. The Morgan fingerprint density at radius 2 is 1.74 bits per heavy atom. The van der Waals surface area contributed by atoms with E-state index < -0.39 is 27.9 Å². The van der Waals surface area contributed by atoms with Crippen molar-refractivity contribution >= 4 is 49.0 Å². The van der Waals surface area contributed by atoms with Gasteiger partial charge in [-0.25, -0.2) is 8.78 Å². The fraction of sp³-hybridized carbons (Fsp3) is 0.200. The van der Waals surface area contributed by atoms with Crippen LogP contribution in [0, 0.1) is 27.7 Å². The second-order valence-electron chi connectivity index (χ2n) is 8.25. The number of rotatable bonds is 7. The minimum Gasteiger partial charge on any atom is -0.334 e. The van der Waals surface area contributed by atoms with Crippen LogP contribution in [-0.4, -0.2) is 15.3 Å². The van der Waals surface area contributed by atoms with Crippen LogP contribution in [0.2, 0.25) is 0 Å². The number of pyridine rings is 1. The van der Waals surface area contributed by atoms with Crippen LogP contribution in [0.4, 0.5) is 14.5 Å². The number of Topliss-reactive ketones (excluding diaryl/α,β-unsaturated/α-hetero) is 1. The van der Waals surface area contributed by atoms with Crippen molar-refractivity contribution in [1.82, 2.24) is 4.57 Å². The maximum absolute atomic E-state index is 14.5. The van der Waals surface area contributed by atoms with Crippen LogP contribution in [0.3, 0.4) is 0 Å². The summed E-state index contributed by atoms with van der Waals surface area (Å²) in [6.07, 6.45) is 1.37. The molecule has 0 saturated heterocycles. The molecule has 2 aromatic heterocycles. The lowest BCUT2D eigenvalue weighted by molar-refractivity contribution is -0.384. The lowest BCUT2D eigenvalue weighted by Gasteiger charge is -2.13. The molecule has 0 radical (unpaired) electrons. The summed E-state index contributed by atoms with van der Waals surface area (Å²) in [7, 11) is 0. The van der Waals surface area contributed by atoms with Crippen molar-refractivity contribution in [2.75, 3.05) is 0 Å². The van der Waals surface area contributed by atoms with Gasteiger partial charge in [-0.15, -0.1) is 11.3 Å². The highest BCUT2D eigenvalue weighted by Gasteiger charge is 2.25. The number of hydrogen-bond donors (Lipinski definition) is 0. The molecule has 0 unspecified atom stereocenters. The number of nitro benzene ring substituents is 1. The second kappa shape index (κ2) is 9.79. The Bertz CT molecular complexity index is 1510. The molecule has 0 saturated carbocycles. The first-order valence-electron chi connectivity index (χ1n) is 10.6. The van der Waals surface area contributed by atoms with Gasteiger partial charge in [0.2, 0.25) is 5.43 Å². The van der Waals surface area contributed by atoms with Crippen molar-refractivity contribution < 1.29 is 18.5 Å². The molecule has 0 aliphatic rings. The third kappa shape index (κ3) is 4.55. The zero-order valence-corrected chi connectivity index (χ0v) is 21.1. The molecule has 0 aliphatic carbocycles. The van der Waals surface area contributed by atoms with E-state index in [1.165, 1.54) is 40.3 Å². The predicted molar refractivity (Wildman–Crippen MR) is 135 cm³/mol. The van der Waals surface area contributed by atoms with Gasteiger partial charge in [0.15, 0.2) is 5.78 Å². The van der Waals surface area contributed by atoms with E-state index in [1.807, 2.05) is 0 Å². The standard InChI is InChI=1S/C25H19BrF2N2O4S/c1-13(2)22(31)18-12-29(11-17-19(27)4-3-5-20(17)28)25-21(23(18)32)16(10-26)24(35-25)14-6-8-15(9-7-14)30(33)34/h3-9,12-13H,10-11H2,1-2H3. The van der Waals surface area contributed by atoms with Crippen molar-refractivity contribution in [3.8, 4) is 10.4 Å². The molecule has 0 fully saturated rings. The largest absolute Gasteiger partial charge is 0.334 e. The number of thiophene rings is 1. The lowest BCUT2D eigenvalue weighted by atomic mass is 9.99. The molecule has 0 amide bonds. The van der Waals surface area contributed by atoms with Gasteiger partial charge in [-0.05, 0) is 35.4 Å². The molecule has 10 heteroatoms. The van der Waals surface area contributed by atoms with Crippen molar-refractivity contribution in [2.45, 2.75) is 25.7 Å². The van der Waals surface area contributed by atoms with E-state index in [9.17, 15) is 28.5 Å². The third-order valence-corrected chi connectivity index (χ3v) is 7.54. The first kappa shape index (κ1) is 24.9. The van der Waals surface area contributed by atoms with Gasteiger partial charge in [0.25, 0.3) is 5.69 Å². The zero-order chi connectivity index (χ0) is 25.4. The van der Waals surface area contributed by atoms with Crippen LogP contribution in [-0.2, 0) is 11.9 Å². The van der Waals surface area contributed by atoms with Gasteiger partial charge in [-0.1, -0.05) is 35.8 Å². The Balaban J connectivity index is 2.02. The quantitative estimate of drug-likeness (QED) is 0.109.